The van der Waals surface area contributed by atoms with Crippen LogP contribution in [0.3, 0.4) is 0 Å². The van der Waals surface area contributed by atoms with Crippen molar-refractivity contribution in [2.75, 3.05) is 0 Å². The summed E-state index contributed by atoms with van der Waals surface area (Å²) in [6.45, 7) is 0. The number of nitrogens with one attached hydrogen (secondary N) is 2. The Balaban J connectivity index is 2.22. The van der Waals surface area contributed by atoms with Crippen molar-refractivity contribution < 1.29 is 13.2 Å². The van der Waals surface area contributed by atoms with Gasteiger partial charge in [0.05, 0.1) is 34.7 Å². The van der Waals surface area contributed by atoms with Crippen molar-refractivity contribution in [3.8, 4) is 5.69 Å². The Morgan fingerprint density at radius 3 is 2.62 bits per heavy atom. The van der Waals surface area contributed by atoms with Gasteiger partial charge in [0.25, 0.3) is 5.56 Å². The van der Waals surface area contributed by atoms with Gasteiger partial charge in [-0.15, -0.1) is 10.2 Å². The number of nitrogens with zero attached hydrogens (tertiary/aromatic N) is 5. The molecule has 0 amide bonds. The zero-order valence-corrected chi connectivity index (χ0v) is 11.5. The van der Waals surface area contributed by atoms with Gasteiger partial charge in [-0.3, -0.25) is 4.79 Å². The molecule has 3 aromatic heterocycles. The number of hydrogen-bond donors (Lipinski definition) is 2. The van der Waals surface area contributed by atoms with Crippen molar-refractivity contribution in [1.29, 1.82) is 0 Å². The van der Waals surface area contributed by atoms with Crippen molar-refractivity contribution in [1.82, 2.24) is 34.6 Å². The lowest BCUT2D eigenvalue weighted by Gasteiger charge is -2.14. The molecule has 0 spiro atoms. The molecule has 0 atom stereocenters. The highest BCUT2D eigenvalue weighted by molar-refractivity contribution is 5.81. The molecule has 0 radical (unpaired) electrons. The molecule has 9 nitrogen and oxygen atoms in total. The van der Waals surface area contributed by atoms with Gasteiger partial charge in [-0.25, -0.2) is 19.0 Å². The van der Waals surface area contributed by atoms with E-state index in [4.69, 9.17) is 0 Å². The number of aromatic amines is 2. The van der Waals surface area contributed by atoms with E-state index in [9.17, 15) is 22.8 Å². The average molecular weight is 337 g/mol. The highest BCUT2D eigenvalue weighted by Gasteiger charge is 2.35. The van der Waals surface area contributed by atoms with E-state index in [1.54, 1.807) is 0 Å². The lowest BCUT2D eigenvalue weighted by atomic mass is 10.1. The molecule has 4 rings (SSSR count). The van der Waals surface area contributed by atoms with Crippen LogP contribution in [0.25, 0.3) is 22.4 Å². The lowest BCUT2D eigenvalue weighted by molar-refractivity contribution is -0.137. The molecule has 0 fully saturated rings. The standard InChI is InChI=1S/C12H6F3N7O2/c13-12(14,15)5-3-6-8(4-7(5)21-2-1-16-20-21)22-9(10(23)17-6)18-19-11(22)24/h1-4H,(H,17,23)(H,19,24). The van der Waals surface area contributed by atoms with Crippen LogP contribution in [0.15, 0.2) is 34.1 Å². The Bertz CT molecular complexity index is 1180. The van der Waals surface area contributed by atoms with Gasteiger partial charge >= 0.3 is 11.9 Å². The van der Waals surface area contributed by atoms with Crippen LogP contribution >= 0.6 is 0 Å². The smallest absolute Gasteiger partial charge is 0.317 e. The molecule has 4 aromatic rings. The quantitative estimate of drug-likeness (QED) is 0.524. The van der Waals surface area contributed by atoms with E-state index >= 15 is 0 Å². The minimum Gasteiger partial charge on any atom is -0.317 e. The minimum absolute atomic E-state index is 0.0434. The van der Waals surface area contributed by atoms with Gasteiger partial charge in [0.1, 0.15) is 0 Å². The number of fused-ring (bicyclic) bond motifs is 3. The van der Waals surface area contributed by atoms with Crippen LogP contribution in [0.2, 0.25) is 0 Å². The fraction of sp³-hybridized carbons (Fsp3) is 0.0833. The first-order chi connectivity index (χ1) is 11.4. The molecule has 12 heteroatoms. The summed E-state index contributed by atoms with van der Waals surface area (Å²) in [7, 11) is 0. The molecule has 0 aliphatic heterocycles. The maximum Gasteiger partial charge on any atom is 0.418 e. The summed E-state index contributed by atoms with van der Waals surface area (Å²) in [4.78, 5) is 26.0. The molecular weight excluding hydrogens is 331 g/mol. The van der Waals surface area contributed by atoms with Crippen molar-refractivity contribution >= 4 is 16.7 Å². The third kappa shape index (κ3) is 1.92. The Hall–Kier alpha value is -3.44. The van der Waals surface area contributed by atoms with E-state index in [0.29, 0.717) is 0 Å². The zero-order valence-electron chi connectivity index (χ0n) is 11.5. The van der Waals surface area contributed by atoms with Crippen LogP contribution in [-0.2, 0) is 6.18 Å². The monoisotopic (exact) mass is 337 g/mol. The fourth-order valence-corrected chi connectivity index (χ4v) is 2.47. The van der Waals surface area contributed by atoms with Crippen molar-refractivity contribution in [2.24, 2.45) is 0 Å². The SMILES string of the molecule is O=c1[nH]c2cc(C(F)(F)F)c(-n3ccnn3)cc2n2c(=O)[nH]nc12. The molecule has 2 N–H and O–H groups in total. The van der Waals surface area contributed by atoms with Gasteiger partial charge < -0.3 is 4.98 Å². The van der Waals surface area contributed by atoms with E-state index in [1.807, 2.05) is 0 Å². The second-order valence-corrected chi connectivity index (χ2v) is 4.87. The predicted octanol–water partition coefficient (Wildman–Crippen LogP) is 0.464. The number of alkyl halides is 3. The van der Waals surface area contributed by atoms with Gasteiger partial charge in [0, 0.05) is 0 Å². The van der Waals surface area contributed by atoms with E-state index in [1.165, 1.54) is 12.4 Å². The van der Waals surface area contributed by atoms with Crippen molar-refractivity contribution in [3.05, 3.63) is 50.9 Å². The van der Waals surface area contributed by atoms with Crippen molar-refractivity contribution in [3.63, 3.8) is 0 Å². The first-order valence-electron chi connectivity index (χ1n) is 6.47. The summed E-state index contributed by atoms with van der Waals surface area (Å²) in [6, 6.07) is 1.83. The maximum absolute atomic E-state index is 13.4. The second kappa shape index (κ2) is 4.53. The number of aromatic nitrogens is 7. The molecule has 3 heterocycles. The Morgan fingerprint density at radius 1 is 1.17 bits per heavy atom. The normalized spacial score (nSPS) is 12.3. The van der Waals surface area contributed by atoms with Crippen LogP contribution in [-0.4, -0.2) is 34.6 Å². The molecule has 0 saturated heterocycles. The molecule has 0 unspecified atom stereocenters. The summed E-state index contributed by atoms with van der Waals surface area (Å²) in [5.41, 5.74) is -3.28. The summed E-state index contributed by atoms with van der Waals surface area (Å²) in [5, 5.41) is 12.7. The van der Waals surface area contributed by atoms with Crippen molar-refractivity contribution in [2.45, 2.75) is 6.18 Å². The largest absolute Gasteiger partial charge is 0.418 e. The van der Waals surface area contributed by atoms with E-state index in [2.05, 4.69) is 25.5 Å². The molecule has 122 valence electrons. The molecule has 0 bridgehead atoms. The van der Waals surface area contributed by atoms with Crippen LogP contribution in [0.1, 0.15) is 5.56 Å². The highest BCUT2D eigenvalue weighted by Crippen LogP contribution is 2.35. The predicted molar refractivity (Wildman–Crippen MR) is 73.9 cm³/mol. The molecule has 24 heavy (non-hydrogen) atoms. The molecular formula is C12H6F3N7O2. The minimum atomic E-state index is -4.71. The van der Waals surface area contributed by atoms with Gasteiger partial charge in [-0.1, -0.05) is 5.21 Å². The van der Waals surface area contributed by atoms with Gasteiger partial charge in [-0.2, -0.15) is 13.2 Å². The van der Waals surface area contributed by atoms with Crippen LogP contribution in [0.5, 0.6) is 0 Å². The second-order valence-electron chi connectivity index (χ2n) is 4.87. The molecule has 0 aliphatic carbocycles. The zero-order chi connectivity index (χ0) is 17.1. The Labute approximate surface area is 128 Å². The number of halogens is 3. The van der Waals surface area contributed by atoms with E-state index in [0.717, 1.165) is 21.2 Å². The molecule has 0 aliphatic rings. The third-order valence-corrected chi connectivity index (χ3v) is 3.45. The maximum atomic E-state index is 13.4. The molecule has 1 aromatic carbocycles. The summed E-state index contributed by atoms with van der Waals surface area (Å²) in [6.07, 6.45) is -2.25. The van der Waals surface area contributed by atoms with Crippen LogP contribution in [0.4, 0.5) is 13.2 Å². The fourth-order valence-electron chi connectivity index (χ4n) is 2.47. The molecule has 0 saturated carbocycles. The number of H-pyrrole nitrogens is 2. The van der Waals surface area contributed by atoms with Crippen LogP contribution in [0, 0.1) is 0 Å². The summed E-state index contributed by atoms with van der Waals surface area (Å²) >= 11 is 0. The summed E-state index contributed by atoms with van der Waals surface area (Å²) in [5.74, 6) is 0. The lowest BCUT2D eigenvalue weighted by Crippen LogP contribution is -2.19. The highest BCUT2D eigenvalue weighted by atomic mass is 19.4. The van der Waals surface area contributed by atoms with E-state index in [-0.39, 0.29) is 22.4 Å². The van der Waals surface area contributed by atoms with Crippen LogP contribution < -0.4 is 11.2 Å². The number of rotatable bonds is 1. The third-order valence-electron chi connectivity index (χ3n) is 3.45. The average Bonchev–Trinajstić information content (AvgIpc) is 3.16. The topological polar surface area (TPSA) is 114 Å². The van der Waals surface area contributed by atoms with E-state index < -0.39 is 23.0 Å². The Morgan fingerprint density at radius 2 is 1.96 bits per heavy atom. The Kier molecular flexibility index (Phi) is 2.68. The summed E-state index contributed by atoms with van der Waals surface area (Å²) < 4.78 is 41.9. The first-order valence-corrected chi connectivity index (χ1v) is 6.47. The van der Waals surface area contributed by atoms with Gasteiger partial charge in [0.15, 0.2) is 0 Å². The number of benzene rings is 1. The number of hydrogen-bond acceptors (Lipinski definition) is 5. The van der Waals surface area contributed by atoms with Gasteiger partial charge in [-0.05, 0) is 12.1 Å². The first kappa shape index (κ1) is 14.2. The van der Waals surface area contributed by atoms with Gasteiger partial charge in [0.2, 0.25) is 5.65 Å².